The monoisotopic (exact) mass is 148 g/mol. The maximum atomic E-state index is 4.20. The lowest BCUT2D eigenvalue weighted by molar-refractivity contribution is 0.569. The van der Waals surface area contributed by atoms with E-state index in [0.29, 0.717) is 5.41 Å². The summed E-state index contributed by atoms with van der Waals surface area (Å²) in [6, 6.07) is 0. The average molecular weight is 148 g/mol. The van der Waals surface area contributed by atoms with E-state index in [1.54, 1.807) is 0 Å². The summed E-state index contributed by atoms with van der Waals surface area (Å²) in [5.41, 5.74) is 2.11. The molecule has 0 amide bonds. The van der Waals surface area contributed by atoms with Crippen LogP contribution in [0.15, 0.2) is 24.3 Å². The first-order chi connectivity index (χ1) is 5.33. The molecule has 0 aliphatic heterocycles. The van der Waals surface area contributed by atoms with E-state index in [0.717, 1.165) is 0 Å². The molecule has 0 nitrogen and oxygen atoms in total. The van der Waals surface area contributed by atoms with E-state index in [1.165, 1.54) is 44.1 Å². The highest BCUT2D eigenvalue weighted by atomic mass is 14.5. The van der Waals surface area contributed by atoms with Crippen molar-refractivity contribution in [2.24, 2.45) is 5.41 Å². The van der Waals surface area contributed by atoms with Crippen LogP contribution in [0.5, 0.6) is 0 Å². The lowest BCUT2D eigenvalue weighted by Crippen LogP contribution is -2.03. The maximum Gasteiger partial charge on any atom is -0.00557 e. The number of allylic oxidation sites excluding steroid dienone is 3. The molecule has 0 saturated heterocycles. The topological polar surface area (TPSA) is 0 Å². The fourth-order valence-corrected chi connectivity index (χ4v) is 1.98. The van der Waals surface area contributed by atoms with Crippen LogP contribution in [0.2, 0.25) is 0 Å². The van der Waals surface area contributed by atoms with Crippen molar-refractivity contribution in [2.75, 3.05) is 0 Å². The van der Waals surface area contributed by atoms with Crippen molar-refractivity contribution < 1.29 is 0 Å². The molecular formula is C11H16. The molecule has 0 aromatic carbocycles. The Morgan fingerprint density at radius 2 is 2.09 bits per heavy atom. The molecule has 2 aliphatic rings. The lowest BCUT2D eigenvalue weighted by Gasteiger charge is -2.17. The zero-order chi connectivity index (χ0) is 7.73. The maximum absolute atomic E-state index is 4.20. The standard InChI is InChI=1S/C11H16/c1-10-6-4-2-3-5-7-11(10)8-9-11/h3,5H,1-2,4,6-9H2/b5-3-. The molecule has 0 aromatic rings. The molecule has 2 aliphatic carbocycles. The molecule has 0 unspecified atom stereocenters. The van der Waals surface area contributed by atoms with Gasteiger partial charge in [-0.2, -0.15) is 0 Å². The van der Waals surface area contributed by atoms with Gasteiger partial charge in [0, 0.05) is 0 Å². The lowest BCUT2D eigenvalue weighted by atomic mass is 9.88. The normalized spacial score (nSPS) is 31.1. The highest BCUT2D eigenvalue weighted by Gasteiger charge is 2.43. The van der Waals surface area contributed by atoms with Gasteiger partial charge in [0.25, 0.3) is 0 Å². The van der Waals surface area contributed by atoms with Gasteiger partial charge in [-0.15, -0.1) is 0 Å². The van der Waals surface area contributed by atoms with Crippen LogP contribution in [0.4, 0.5) is 0 Å². The zero-order valence-corrected chi connectivity index (χ0v) is 7.10. The summed E-state index contributed by atoms with van der Waals surface area (Å²) in [4.78, 5) is 0. The van der Waals surface area contributed by atoms with Crippen LogP contribution in [0.3, 0.4) is 0 Å². The Labute approximate surface area is 69.0 Å². The van der Waals surface area contributed by atoms with Gasteiger partial charge < -0.3 is 0 Å². The second-order valence-corrected chi connectivity index (χ2v) is 3.95. The average Bonchev–Trinajstić information content (AvgIpc) is 2.74. The predicted molar refractivity (Wildman–Crippen MR) is 48.4 cm³/mol. The van der Waals surface area contributed by atoms with Gasteiger partial charge in [-0.1, -0.05) is 24.3 Å². The van der Waals surface area contributed by atoms with Crippen molar-refractivity contribution in [3.05, 3.63) is 24.3 Å². The fourth-order valence-electron chi connectivity index (χ4n) is 1.98. The van der Waals surface area contributed by atoms with Crippen molar-refractivity contribution in [3.8, 4) is 0 Å². The first-order valence-corrected chi connectivity index (χ1v) is 4.67. The van der Waals surface area contributed by atoms with Gasteiger partial charge in [0.15, 0.2) is 0 Å². The molecule has 0 radical (unpaired) electrons. The van der Waals surface area contributed by atoms with Crippen LogP contribution in [0.25, 0.3) is 0 Å². The summed E-state index contributed by atoms with van der Waals surface area (Å²) in [5.74, 6) is 0. The summed E-state index contributed by atoms with van der Waals surface area (Å²) < 4.78 is 0. The van der Waals surface area contributed by atoms with Gasteiger partial charge in [0.1, 0.15) is 0 Å². The van der Waals surface area contributed by atoms with E-state index >= 15 is 0 Å². The number of rotatable bonds is 0. The van der Waals surface area contributed by atoms with E-state index < -0.39 is 0 Å². The van der Waals surface area contributed by atoms with Crippen LogP contribution in [0.1, 0.15) is 38.5 Å². The quantitative estimate of drug-likeness (QED) is 0.461. The van der Waals surface area contributed by atoms with Gasteiger partial charge in [0.05, 0.1) is 0 Å². The Bertz CT molecular complexity index is 194. The molecule has 0 heteroatoms. The van der Waals surface area contributed by atoms with Crippen molar-refractivity contribution in [2.45, 2.75) is 38.5 Å². The molecule has 0 aromatic heterocycles. The molecule has 0 bridgehead atoms. The Balaban J connectivity index is 2.11. The van der Waals surface area contributed by atoms with Crippen LogP contribution < -0.4 is 0 Å². The number of hydrogen-bond acceptors (Lipinski definition) is 0. The molecule has 1 saturated carbocycles. The first kappa shape index (κ1) is 7.15. The van der Waals surface area contributed by atoms with Crippen molar-refractivity contribution >= 4 is 0 Å². The number of hydrogen-bond donors (Lipinski definition) is 0. The summed E-state index contributed by atoms with van der Waals surface area (Å²) >= 11 is 0. The van der Waals surface area contributed by atoms with Crippen LogP contribution >= 0.6 is 0 Å². The second kappa shape index (κ2) is 2.51. The smallest absolute Gasteiger partial charge is 0.00557 e. The summed E-state index contributed by atoms with van der Waals surface area (Å²) in [7, 11) is 0. The summed E-state index contributed by atoms with van der Waals surface area (Å²) in [6.45, 7) is 4.20. The zero-order valence-electron chi connectivity index (χ0n) is 7.10. The Morgan fingerprint density at radius 1 is 1.27 bits per heavy atom. The van der Waals surface area contributed by atoms with Crippen LogP contribution in [0, 0.1) is 5.41 Å². The molecule has 60 valence electrons. The Morgan fingerprint density at radius 3 is 2.82 bits per heavy atom. The molecule has 2 rings (SSSR count). The fraction of sp³-hybridized carbons (Fsp3) is 0.636. The molecule has 1 spiro atoms. The Hall–Kier alpha value is -0.520. The van der Waals surface area contributed by atoms with Crippen molar-refractivity contribution in [3.63, 3.8) is 0 Å². The van der Waals surface area contributed by atoms with Crippen molar-refractivity contribution in [1.82, 2.24) is 0 Å². The van der Waals surface area contributed by atoms with E-state index in [2.05, 4.69) is 18.7 Å². The minimum atomic E-state index is 0.580. The molecule has 1 fully saturated rings. The van der Waals surface area contributed by atoms with Gasteiger partial charge in [-0.3, -0.25) is 0 Å². The molecular weight excluding hydrogens is 132 g/mol. The van der Waals surface area contributed by atoms with E-state index in [9.17, 15) is 0 Å². The second-order valence-electron chi connectivity index (χ2n) is 3.95. The summed E-state index contributed by atoms with van der Waals surface area (Å²) in [5, 5.41) is 0. The van der Waals surface area contributed by atoms with Crippen molar-refractivity contribution in [1.29, 1.82) is 0 Å². The molecule has 0 heterocycles. The van der Waals surface area contributed by atoms with E-state index in [-0.39, 0.29) is 0 Å². The Kier molecular flexibility index (Phi) is 1.63. The first-order valence-electron chi connectivity index (χ1n) is 4.67. The SMILES string of the molecule is C=C1CCC/C=C\CC12CC2. The van der Waals surface area contributed by atoms with Gasteiger partial charge >= 0.3 is 0 Å². The minimum Gasteiger partial charge on any atom is -0.0993 e. The third-order valence-corrected chi connectivity index (χ3v) is 3.13. The van der Waals surface area contributed by atoms with Gasteiger partial charge in [0.2, 0.25) is 0 Å². The molecule has 0 N–H and O–H groups in total. The third kappa shape index (κ3) is 1.26. The van der Waals surface area contributed by atoms with E-state index in [4.69, 9.17) is 0 Å². The molecule has 11 heavy (non-hydrogen) atoms. The van der Waals surface area contributed by atoms with Gasteiger partial charge in [-0.05, 0) is 43.9 Å². The highest BCUT2D eigenvalue weighted by molar-refractivity contribution is 5.21. The van der Waals surface area contributed by atoms with Crippen LogP contribution in [-0.4, -0.2) is 0 Å². The van der Waals surface area contributed by atoms with Crippen LogP contribution in [-0.2, 0) is 0 Å². The largest absolute Gasteiger partial charge is 0.0993 e. The highest BCUT2D eigenvalue weighted by Crippen LogP contribution is 2.56. The summed E-state index contributed by atoms with van der Waals surface area (Å²) in [6.07, 6.45) is 12.6. The van der Waals surface area contributed by atoms with Gasteiger partial charge in [-0.25, -0.2) is 0 Å². The molecule has 0 atom stereocenters. The van der Waals surface area contributed by atoms with E-state index in [1.807, 2.05) is 0 Å². The minimum absolute atomic E-state index is 0.580. The predicted octanol–water partition coefficient (Wildman–Crippen LogP) is 3.45. The third-order valence-electron chi connectivity index (χ3n) is 3.13.